The van der Waals surface area contributed by atoms with Crippen LogP contribution in [-0.2, 0) is 14.3 Å². The van der Waals surface area contributed by atoms with Crippen molar-refractivity contribution in [2.45, 2.75) is 442 Å². The van der Waals surface area contributed by atoms with Gasteiger partial charge in [-0.05, 0) is 77.0 Å². The number of unbranched alkanes of at least 4 members (excludes halogenated alkanes) is 53. The fraction of sp³-hybridized carbons (Fsp3) is 0.866. The van der Waals surface area contributed by atoms with Crippen molar-refractivity contribution in [3.63, 3.8) is 0 Å². The number of aliphatic hydroxyl groups excluding tert-OH is 5. The van der Waals surface area contributed by atoms with E-state index in [9.17, 15) is 30.3 Å². The quantitative estimate of drug-likeness (QED) is 0.0261. The fourth-order valence-corrected chi connectivity index (χ4v) is 12.8. The van der Waals surface area contributed by atoms with Crippen molar-refractivity contribution < 1.29 is 39.8 Å². The minimum absolute atomic E-state index is 0.184. The molecule has 6 N–H and O–H groups in total. The maximum absolute atomic E-state index is 13.2. The first-order valence-corrected chi connectivity index (χ1v) is 40.0. The number of nitrogens with one attached hydrogen (secondary N) is 1. The molecule has 1 amide bonds. The number of hydrogen-bond donors (Lipinski definition) is 6. The molecule has 1 rings (SSSR count). The smallest absolute Gasteiger partial charge is 0.220 e. The van der Waals surface area contributed by atoms with Crippen LogP contribution in [0.1, 0.15) is 399 Å². The van der Waals surface area contributed by atoms with Crippen molar-refractivity contribution >= 4 is 5.91 Å². The second kappa shape index (κ2) is 70.7. The zero-order chi connectivity index (χ0) is 65.7. The van der Waals surface area contributed by atoms with E-state index in [4.69, 9.17) is 9.47 Å². The van der Waals surface area contributed by atoms with E-state index in [0.717, 1.165) is 51.4 Å². The molecule has 1 heterocycles. The molecule has 9 heteroatoms. The SMILES string of the molecule is CCCCCCC/C=C\C/C=C\CCCCCCCCCCCCCCCCCCCCCCCCCC(=O)NC(COC1OC(CO)C(O)C(O)C1O)C(O)/C=C/CC/C=C/CC/C=C/CCCCCCCCCCCCCCCCCCCCCCCCC. The van der Waals surface area contributed by atoms with Gasteiger partial charge >= 0.3 is 0 Å². The molecule has 7 atom stereocenters. The minimum Gasteiger partial charge on any atom is -0.394 e. The topological polar surface area (TPSA) is 149 Å². The third kappa shape index (κ3) is 58.9. The highest BCUT2D eigenvalue weighted by molar-refractivity contribution is 5.76. The third-order valence-electron chi connectivity index (χ3n) is 19.0. The summed E-state index contributed by atoms with van der Waals surface area (Å²) in [6.45, 7) is 3.80. The summed E-state index contributed by atoms with van der Waals surface area (Å²) in [5.74, 6) is -0.184. The van der Waals surface area contributed by atoms with Crippen molar-refractivity contribution in [3.8, 4) is 0 Å². The second-order valence-corrected chi connectivity index (χ2v) is 27.8. The molecule has 0 bridgehead atoms. The molecule has 1 aliphatic heterocycles. The molecule has 0 aromatic rings. The Morgan fingerprint density at radius 2 is 0.659 bits per heavy atom. The molecule has 1 fully saturated rings. The Bertz CT molecular complexity index is 1630. The Morgan fingerprint density at radius 1 is 0.374 bits per heavy atom. The fourth-order valence-electron chi connectivity index (χ4n) is 12.8. The number of ether oxygens (including phenoxy) is 2. The number of carbonyl (C=O) groups is 1. The number of hydrogen-bond acceptors (Lipinski definition) is 8. The third-order valence-corrected chi connectivity index (χ3v) is 19.0. The average Bonchev–Trinajstić information content (AvgIpc) is 1.58. The van der Waals surface area contributed by atoms with Crippen LogP contribution in [0.25, 0.3) is 0 Å². The molecular weight excluding hydrogens is 1130 g/mol. The number of amides is 1. The first-order chi connectivity index (χ1) is 44.8. The molecule has 0 aliphatic carbocycles. The van der Waals surface area contributed by atoms with Crippen molar-refractivity contribution in [2.75, 3.05) is 13.2 Å². The molecule has 534 valence electrons. The van der Waals surface area contributed by atoms with Crippen molar-refractivity contribution in [2.24, 2.45) is 0 Å². The van der Waals surface area contributed by atoms with Crippen LogP contribution in [-0.4, -0.2) is 87.5 Å². The first-order valence-electron chi connectivity index (χ1n) is 40.0. The lowest BCUT2D eigenvalue weighted by atomic mass is 9.99. The minimum atomic E-state index is -1.58. The molecule has 0 aromatic heterocycles. The summed E-state index contributed by atoms with van der Waals surface area (Å²) >= 11 is 0. The Balaban J connectivity index is 2.09. The van der Waals surface area contributed by atoms with Gasteiger partial charge < -0.3 is 40.3 Å². The standard InChI is InChI=1S/C82H153NO8/c1-3-5-7-9-11-13-15-17-19-21-23-25-27-29-31-33-35-37-38-40-42-44-46-48-50-52-54-56-58-60-62-64-66-68-70-72-78(86)83-75(74-90-82-81(89)80(88)79(87)77(73-84)91-82)76(85)71-69-67-65-63-61-59-57-55-53-51-49-47-45-43-41-39-36-34-32-30-28-26-24-22-20-18-16-14-12-10-8-6-4-2/h15,17,21,23,53,55,61,63,69,71,75-77,79-82,84-85,87-89H,3-14,16,18-20,22,24-52,54,56-60,62,64-68,70,72-74H2,1-2H3,(H,83,86)/b17-15-,23-21-,55-53+,63-61+,71-69+. The van der Waals surface area contributed by atoms with E-state index in [2.05, 4.69) is 67.8 Å². The van der Waals surface area contributed by atoms with Gasteiger partial charge in [-0.1, -0.05) is 376 Å². The molecule has 9 nitrogen and oxygen atoms in total. The molecule has 1 aliphatic rings. The molecule has 0 spiro atoms. The van der Waals surface area contributed by atoms with Crippen molar-refractivity contribution in [1.82, 2.24) is 5.32 Å². The summed E-state index contributed by atoms with van der Waals surface area (Å²) in [6, 6.07) is -0.831. The van der Waals surface area contributed by atoms with Crippen LogP contribution in [0.2, 0.25) is 0 Å². The van der Waals surface area contributed by atoms with Gasteiger partial charge in [-0.15, -0.1) is 0 Å². The number of rotatable bonds is 71. The van der Waals surface area contributed by atoms with Gasteiger partial charge in [0.15, 0.2) is 6.29 Å². The lowest BCUT2D eigenvalue weighted by Crippen LogP contribution is -2.60. The van der Waals surface area contributed by atoms with Gasteiger partial charge in [0.25, 0.3) is 0 Å². The number of allylic oxidation sites excluding steroid dienone is 9. The van der Waals surface area contributed by atoms with Gasteiger partial charge in [0.2, 0.25) is 5.91 Å². The molecule has 0 saturated carbocycles. The Labute approximate surface area is 564 Å². The zero-order valence-corrected chi connectivity index (χ0v) is 60.1. The van der Waals surface area contributed by atoms with Gasteiger partial charge in [0, 0.05) is 6.42 Å². The van der Waals surface area contributed by atoms with E-state index >= 15 is 0 Å². The summed E-state index contributed by atoms with van der Waals surface area (Å²) in [6.07, 6.45) is 92.4. The zero-order valence-electron chi connectivity index (χ0n) is 60.1. The van der Waals surface area contributed by atoms with Crippen LogP contribution in [0.15, 0.2) is 60.8 Å². The van der Waals surface area contributed by atoms with E-state index < -0.39 is 49.5 Å². The summed E-state index contributed by atoms with van der Waals surface area (Å²) in [5, 5.41) is 54.9. The predicted molar refractivity (Wildman–Crippen MR) is 392 cm³/mol. The normalized spacial score (nSPS) is 18.0. The first kappa shape index (κ1) is 86.9. The Kier molecular flexibility index (Phi) is 67.5. The lowest BCUT2D eigenvalue weighted by molar-refractivity contribution is -0.302. The summed E-state index contributed by atoms with van der Waals surface area (Å²) in [5.41, 5.74) is 0. The van der Waals surface area contributed by atoms with Crippen LogP contribution < -0.4 is 5.32 Å². The van der Waals surface area contributed by atoms with E-state index in [1.807, 2.05) is 6.08 Å². The van der Waals surface area contributed by atoms with Crippen LogP contribution in [0.3, 0.4) is 0 Å². The van der Waals surface area contributed by atoms with E-state index in [1.54, 1.807) is 6.08 Å². The lowest BCUT2D eigenvalue weighted by Gasteiger charge is -2.40. The van der Waals surface area contributed by atoms with Crippen LogP contribution >= 0.6 is 0 Å². The molecule has 0 radical (unpaired) electrons. The summed E-state index contributed by atoms with van der Waals surface area (Å²) in [4.78, 5) is 13.2. The van der Waals surface area contributed by atoms with Gasteiger partial charge in [-0.25, -0.2) is 0 Å². The van der Waals surface area contributed by atoms with Crippen molar-refractivity contribution in [1.29, 1.82) is 0 Å². The maximum Gasteiger partial charge on any atom is 0.220 e. The largest absolute Gasteiger partial charge is 0.394 e. The predicted octanol–water partition coefficient (Wildman–Crippen LogP) is 22.9. The van der Waals surface area contributed by atoms with E-state index in [1.165, 1.54) is 327 Å². The monoisotopic (exact) mass is 1280 g/mol. The van der Waals surface area contributed by atoms with E-state index in [-0.39, 0.29) is 12.5 Å². The van der Waals surface area contributed by atoms with Crippen LogP contribution in [0, 0.1) is 0 Å². The maximum atomic E-state index is 13.2. The number of carbonyl (C=O) groups excluding carboxylic acids is 1. The summed E-state index contributed by atoms with van der Waals surface area (Å²) in [7, 11) is 0. The van der Waals surface area contributed by atoms with Gasteiger partial charge in [0.1, 0.15) is 24.4 Å². The number of aliphatic hydroxyl groups is 5. The highest BCUT2D eigenvalue weighted by Crippen LogP contribution is 2.24. The molecule has 0 aromatic carbocycles. The highest BCUT2D eigenvalue weighted by Gasteiger charge is 2.44. The highest BCUT2D eigenvalue weighted by atomic mass is 16.7. The molecule has 91 heavy (non-hydrogen) atoms. The molecule has 1 saturated heterocycles. The van der Waals surface area contributed by atoms with Gasteiger partial charge in [-0.2, -0.15) is 0 Å². The van der Waals surface area contributed by atoms with Gasteiger partial charge in [-0.3, -0.25) is 4.79 Å². The van der Waals surface area contributed by atoms with Gasteiger partial charge in [0.05, 0.1) is 25.4 Å². The molecule has 7 unspecified atom stereocenters. The van der Waals surface area contributed by atoms with Crippen molar-refractivity contribution in [3.05, 3.63) is 60.8 Å². The Hall–Kier alpha value is -2.11. The average molecular weight is 1280 g/mol. The summed E-state index contributed by atoms with van der Waals surface area (Å²) < 4.78 is 11.3. The van der Waals surface area contributed by atoms with Crippen LogP contribution in [0.5, 0.6) is 0 Å². The molecular formula is C82H153NO8. The van der Waals surface area contributed by atoms with Crippen LogP contribution in [0.4, 0.5) is 0 Å². The second-order valence-electron chi connectivity index (χ2n) is 27.8. The Morgan fingerprint density at radius 3 is 0.989 bits per heavy atom. The van der Waals surface area contributed by atoms with E-state index in [0.29, 0.717) is 6.42 Å².